The minimum Gasteiger partial charge on any atom is -0.494 e. The van der Waals surface area contributed by atoms with Crippen LogP contribution in [0.25, 0.3) is 10.9 Å². The minimum atomic E-state index is -0.470. The van der Waals surface area contributed by atoms with Crippen LogP contribution in [-0.2, 0) is 5.54 Å². The molecule has 3 aromatic carbocycles. The predicted octanol–water partition coefficient (Wildman–Crippen LogP) is 5.13. The summed E-state index contributed by atoms with van der Waals surface area (Å²) >= 11 is 0. The van der Waals surface area contributed by atoms with Gasteiger partial charge in [0.2, 0.25) is 0 Å². The molecule has 4 rings (SSSR count). The Morgan fingerprint density at radius 1 is 1.00 bits per heavy atom. The minimum absolute atomic E-state index is 0.0432. The summed E-state index contributed by atoms with van der Waals surface area (Å²) in [7, 11) is 3.14. The molecule has 0 unspecified atom stereocenters. The Labute approximate surface area is 198 Å². The van der Waals surface area contributed by atoms with Crippen molar-refractivity contribution in [3.63, 3.8) is 0 Å². The van der Waals surface area contributed by atoms with Gasteiger partial charge >= 0.3 is 0 Å². The molecule has 0 atom stereocenters. The zero-order valence-corrected chi connectivity index (χ0v) is 19.5. The highest BCUT2D eigenvalue weighted by atomic mass is 16.5. The Kier molecular flexibility index (Phi) is 6.01. The van der Waals surface area contributed by atoms with E-state index in [0.717, 1.165) is 16.5 Å². The third-order valence-corrected chi connectivity index (χ3v) is 5.65. The summed E-state index contributed by atoms with van der Waals surface area (Å²) < 4.78 is 10.9. The van der Waals surface area contributed by atoms with Gasteiger partial charge in [0, 0.05) is 16.5 Å². The highest BCUT2D eigenvalue weighted by Crippen LogP contribution is 2.35. The van der Waals surface area contributed by atoms with E-state index >= 15 is 0 Å². The molecule has 0 bridgehead atoms. The summed E-state index contributed by atoms with van der Waals surface area (Å²) in [6.45, 7) is 3.89. The fraction of sp³-hybridized carbons (Fsp3) is 0.185. The van der Waals surface area contributed by atoms with Crippen LogP contribution < -0.4 is 15.2 Å². The second-order valence-corrected chi connectivity index (χ2v) is 8.52. The highest BCUT2D eigenvalue weighted by molar-refractivity contribution is 6.22. The first-order chi connectivity index (χ1) is 16.2. The molecule has 1 aromatic heterocycles. The molecule has 0 saturated carbocycles. The van der Waals surface area contributed by atoms with Crippen molar-refractivity contribution in [3.05, 3.63) is 82.9 Å². The Hall–Kier alpha value is -4.28. The maximum atomic E-state index is 10.9. The fourth-order valence-corrected chi connectivity index (χ4v) is 3.84. The summed E-state index contributed by atoms with van der Waals surface area (Å²) in [4.78, 5) is 7.88. The van der Waals surface area contributed by atoms with E-state index in [4.69, 9.17) is 20.2 Å². The summed E-state index contributed by atoms with van der Waals surface area (Å²) in [5.41, 5.74) is 10.3. The van der Waals surface area contributed by atoms with Gasteiger partial charge in [-0.05, 0) is 61.9 Å². The van der Waals surface area contributed by atoms with Crippen molar-refractivity contribution in [2.24, 2.45) is 10.7 Å². The maximum Gasteiger partial charge on any atom is 0.199 e. The Bertz CT molecular complexity index is 1420. The van der Waals surface area contributed by atoms with Crippen molar-refractivity contribution in [3.8, 4) is 23.4 Å². The fourth-order valence-electron chi connectivity index (χ4n) is 3.84. The van der Waals surface area contributed by atoms with Crippen LogP contribution in [0.2, 0.25) is 0 Å². The second-order valence-electron chi connectivity index (χ2n) is 8.52. The summed E-state index contributed by atoms with van der Waals surface area (Å²) in [6, 6.07) is 20.5. The average molecular weight is 455 g/mol. The van der Waals surface area contributed by atoms with Crippen LogP contribution in [0.15, 0.2) is 65.7 Å². The molecule has 4 aromatic rings. The van der Waals surface area contributed by atoms with Crippen molar-refractivity contribution in [2.45, 2.75) is 19.4 Å². The van der Waals surface area contributed by atoms with Crippen molar-refractivity contribution >= 4 is 22.3 Å². The van der Waals surface area contributed by atoms with Gasteiger partial charge in [0.1, 0.15) is 0 Å². The number of hydrogen-bond donors (Lipinski definition) is 3. The highest BCUT2D eigenvalue weighted by Gasteiger charge is 2.21. The molecule has 172 valence electrons. The number of nitrogens with two attached hydrogens (primary N) is 1. The number of aromatic amines is 1. The van der Waals surface area contributed by atoms with E-state index in [0.29, 0.717) is 39.5 Å². The molecule has 0 saturated heterocycles. The van der Waals surface area contributed by atoms with Gasteiger partial charge in [0.25, 0.3) is 0 Å². The van der Waals surface area contributed by atoms with Gasteiger partial charge in [-0.2, -0.15) is 5.26 Å². The lowest BCUT2D eigenvalue weighted by atomic mass is 9.95. The number of nitriles is 1. The van der Waals surface area contributed by atoms with Crippen LogP contribution in [0.3, 0.4) is 0 Å². The molecular weight excluding hydrogens is 428 g/mol. The van der Waals surface area contributed by atoms with Crippen LogP contribution in [-0.4, -0.2) is 30.0 Å². The van der Waals surface area contributed by atoms with Gasteiger partial charge in [-0.3, -0.25) is 0 Å². The normalized spacial score (nSPS) is 11.9. The lowest BCUT2D eigenvalue weighted by molar-refractivity contribution is 0.355. The largest absolute Gasteiger partial charge is 0.494 e. The Morgan fingerprint density at radius 2 is 1.71 bits per heavy atom. The van der Waals surface area contributed by atoms with Crippen LogP contribution in [0, 0.1) is 11.3 Å². The first kappa shape index (κ1) is 22.9. The number of benzene rings is 3. The third kappa shape index (κ3) is 4.32. The first-order valence-electron chi connectivity index (χ1n) is 10.7. The second kappa shape index (κ2) is 8.93. The molecule has 4 N–H and O–H groups in total. The quantitative estimate of drug-likeness (QED) is 0.349. The SMILES string of the molecule is COc1ccc(C(=Nc2ccc(C(C)(C)N)cc2)c2c(O)[nH]c3cc(C#N)ccc23)cc1OC. The molecule has 0 aliphatic carbocycles. The van der Waals surface area contributed by atoms with E-state index in [-0.39, 0.29) is 5.88 Å². The zero-order chi connectivity index (χ0) is 24.5. The van der Waals surface area contributed by atoms with Gasteiger partial charge in [-0.15, -0.1) is 0 Å². The van der Waals surface area contributed by atoms with Gasteiger partial charge in [-0.25, -0.2) is 4.99 Å². The molecule has 7 heteroatoms. The molecule has 0 aliphatic heterocycles. The number of nitrogens with zero attached hydrogens (tertiary/aromatic N) is 2. The topological polar surface area (TPSA) is 117 Å². The third-order valence-electron chi connectivity index (χ3n) is 5.65. The van der Waals surface area contributed by atoms with E-state index < -0.39 is 5.54 Å². The Balaban J connectivity index is 1.95. The molecule has 0 amide bonds. The maximum absolute atomic E-state index is 10.9. The lowest BCUT2D eigenvalue weighted by Gasteiger charge is -2.19. The average Bonchev–Trinajstić information content (AvgIpc) is 3.16. The van der Waals surface area contributed by atoms with Gasteiger partial charge in [0.15, 0.2) is 17.4 Å². The first-order valence-corrected chi connectivity index (χ1v) is 10.7. The van der Waals surface area contributed by atoms with Crippen LogP contribution >= 0.6 is 0 Å². The summed E-state index contributed by atoms with van der Waals surface area (Å²) in [5, 5.41) is 20.9. The number of H-pyrrole nitrogens is 1. The van der Waals surface area contributed by atoms with Crippen LogP contribution in [0.4, 0.5) is 5.69 Å². The number of aromatic hydroxyl groups is 1. The van der Waals surface area contributed by atoms with E-state index in [9.17, 15) is 10.4 Å². The summed E-state index contributed by atoms with van der Waals surface area (Å²) in [5.74, 6) is 1.08. The van der Waals surface area contributed by atoms with Crippen LogP contribution in [0.5, 0.6) is 17.4 Å². The molecule has 7 nitrogen and oxygen atoms in total. The molecule has 34 heavy (non-hydrogen) atoms. The Morgan fingerprint density at radius 3 is 2.32 bits per heavy atom. The van der Waals surface area contributed by atoms with E-state index in [1.54, 1.807) is 38.5 Å². The lowest BCUT2D eigenvalue weighted by Crippen LogP contribution is -2.28. The number of aliphatic imine (C=N–C) groups is 1. The molecule has 1 heterocycles. The number of fused-ring (bicyclic) bond motifs is 1. The standard InChI is InChI=1S/C27H26N4O3/c1-27(2,29)18-7-9-19(10-8-18)30-25(17-6-12-22(33-3)23(14-17)34-4)24-20-11-5-16(15-28)13-21(20)31-26(24)32/h5-14,31-32H,29H2,1-4H3. The molecule has 0 spiro atoms. The number of rotatable bonds is 6. The molecule has 0 radical (unpaired) electrons. The predicted molar refractivity (Wildman–Crippen MR) is 133 cm³/mol. The van der Waals surface area contributed by atoms with E-state index in [2.05, 4.69) is 11.1 Å². The molecule has 0 aliphatic rings. The zero-order valence-electron chi connectivity index (χ0n) is 19.5. The number of ether oxygens (including phenoxy) is 2. The van der Waals surface area contributed by atoms with Crippen molar-refractivity contribution in [1.29, 1.82) is 5.26 Å². The molecule has 0 fully saturated rings. The summed E-state index contributed by atoms with van der Waals surface area (Å²) in [6.07, 6.45) is 0. The number of nitrogens with one attached hydrogen (secondary N) is 1. The van der Waals surface area contributed by atoms with Crippen molar-refractivity contribution in [2.75, 3.05) is 14.2 Å². The number of aromatic nitrogens is 1. The van der Waals surface area contributed by atoms with Crippen LogP contribution in [0.1, 0.15) is 36.1 Å². The van der Waals surface area contributed by atoms with Crippen molar-refractivity contribution < 1.29 is 14.6 Å². The van der Waals surface area contributed by atoms with Gasteiger partial charge < -0.3 is 25.3 Å². The van der Waals surface area contributed by atoms with E-state index in [1.807, 2.05) is 50.2 Å². The van der Waals surface area contributed by atoms with E-state index in [1.165, 1.54) is 0 Å². The number of methoxy groups -OCH3 is 2. The monoisotopic (exact) mass is 454 g/mol. The smallest absolute Gasteiger partial charge is 0.199 e. The number of hydrogen-bond acceptors (Lipinski definition) is 6. The van der Waals surface area contributed by atoms with Gasteiger partial charge in [0.05, 0.1) is 48.3 Å². The van der Waals surface area contributed by atoms with Crippen molar-refractivity contribution in [1.82, 2.24) is 4.98 Å². The van der Waals surface area contributed by atoms with Gasteiger partial charge in [-0.1, -0.05) is 18.2 Å². The molecular formula is C27H26N4O3.